The van der Waals surface area contributed by atoms with Gasteiger partial charge in [-0.1, -0.05) is 19.8 Å². The average molecular weight is 262 g/mol. The van der Waals surface area contributed by atoms with Crippen molar-refractivity contribution < 1.29 is 8.42 Å². The molecule has 1 saturated carbocycles. The summed E-state index contributed by atoms with van der Waals surface area (Å²) in [5, 5.41) is 3.49. The van der Waals surface area contributed by atoms with E-state index >= 15 is 0 Å². The predicted octanol–water partition coefficient (Wildman–Crippen LogP) is 1.48. The SMILES string of the molecule is CC1CCCC(NCC(C)(C)NS(C)(=O)=O)C1. The highest BCUT2D eigenvalue weighted by Gasteiger charge is 2.25. The minimum Gasteiger partial charge on any atom is -0.312 e. The predicted molar refractivity (Wildman–Crippen MR) is 71.5 cm³/mol. The summed E-state index contributed by atoms with van der Waals surface area (Å²) in [6.45, 7) is 6.78. The second-order valence-electron chi connectivity index (χ2n) is 6.11. The van der Waals surface area contributed by atoms with Crippen molar-refractivity contribution in [3.05, 3.63) is 0 Å². The largest absolute Gasteiger partial charge is 0.312 e. The van der Waals surface area contributed by atoms with Gasteiger partial charge in [0, 0.05) is 18.1 Å². The van der Waals surface area contributed by atoms with Crippen LogP contribution in [-0.2, 0) is 10.0 Å². The highest BCUT2D eigenvalue weighted by atomic mass is 32.2. The summed E-state index contributed by atoms with van der Waals surface area (Å²) in [6.07, 6.45) is 6.22. The van der Waals surface area contributed by atoms with E-state index in [-0.39, 0.29) is 0 Å². The van der Waals surface area contributed by atoms with E-state index in [0.717, 1.165) is 5.92 Å². The first-order valence-electron chi connectivity index (χ1n) is 6.40. The minimum atomic E-state index is -3.14. The molecule has 0 saturated heterocycles. The van der Waals surface area contributed by atoms with Crippen LogP contribution in [0.3, 0.4) is 0 Å². The normalized spacial score (nSPS) is 27.1. The molecular formula is C12H26N2O2S. The average Bonchev–Trinajstić information content (AvgIpc) is 2.11. The maximum atomic E-state index is 11.2. The zero-order valence-corrected chi connectivity index (χ0v) is 12.2. The molecule has 2 unspecified atom stereocenters. The summed E-state index contributed by atoms with van der Waals surface area (Å²) in [5.74, 6) is 0.784. The number of hydrogen-bond donors (Lipinski definition) is 2. The standard InChI is InChI=1S/C12H26N2O2S/c1-10-6-5-7-11(8-10)13-9-12(2,3)14-17(4,15)16/h10-11,13-14H,5-9H2,1-4H3. The summed E-state index contributed by atoms with van der Waals surface area (Å²) in [4.78, 5) is 0. The highest BCUT2D eigenvalue weighted by molar-refractivity contribution is 7.88. The molecule has 1 aliphatic carbocycles. The first-order valence-corrected chi connectivity index (χ1v) is 8.29. The molecule has 17 heavy (non-hydrogen) atoms. The fraction of sp³-hybridized carbons (Fsp3) is 1.00. The lowest BCUT2D eigenvalue weighted by Crippen LogP contribution is -2.52. The van der Waals surface area contributed by atoms with Crippen LogP contribution in [0.4, 0.5) is 0 Å². The molecule has 0 aromatic heterocycles. The van der Waals surface area contributed by atoms with Crippen molar-refractivity contribution in [2.75, 3.05) is 12.8 Å². The summed E-state index contributed by atoms with van der Waals surface area (Å²) in [7, 11) is -3.14. The Morgan fingerprint density at radius 3 is 2.47 bits per heavy atom. The molecule has 0 bridgehead atoms. The number of rotatable bonds is 5. The van der Waals surface area contributed by atoms with Crippen molar-refractivity contribution in [3.63, 3.8) is 0 Å². The quantitative estimate of drug-likeness (QED) is 0.789. The van der Waals surface area contributed by atoms with E-state index in [1.165, 1.54) is 31.9 Å². The summed E-state index contributed by atoms with van der Waals surface area (Å²) >= 11 is 0. The van der Waals surface area contributed by atoms with Gasteiger partial charge >= 0.3 is 0 Å². The van der Waals surface area contributed by atoms with Crippen molar-refractivity contribution in [1.29, 1.82) is 0 Å². The van der Waals surface area contributed by atoms with Gasteiger partial charge in [0.1, 0.15) is 0 Å². The van der Waals surface area contributed by atoms with E-state index in [0.29, 0.717) is 12.6 Å². The molecule has 2 atom stereocenters. The molecule has 1 aliphatic rings. The van der Waals surface area contributed by atoms with Crippen molar-refractivity contribution in [3.8, 4) is 0 Å². The lowest BCUT2D eigenvalue weighted by molar-refractivity contribution is 0.281. The van der Waals surface area contributed by atoms with Crippen molar-refractivity contribution in [2.45, 2.75) is 58.0 Å². The molecule has 0 heterocycles. The van der Waals surface area contributed by atoms with Crippen molar-refractivity contribution in [2.24, 2.45) is 5.92 Å². The Kier molecular flexibility index (Phi) is 4.98. The highest BCUT2D eigenvalue weighted by Crippen LogP contribution is 2.23. The molecule has 1 fully saturated rings. The fourth-order valence-corrected chi connectivity index (χ4v) is 3.63. The number of hydrogen-bond acceptors (Lipinski definition) is 3. The van der Waals surface area contributed by atoms with Gasteiger partial charge in [0.15, 0.2) is 0 Å². The summed E-state index contributed by atoms with van der Waals surface area (Å²) < 4.78 is 25.1. The smallest absolute Gasteiger partial charge is 0.209 e. The zero-order chi connectivity index (χ0) is 13.1. The lowest BCUT2D eigenvalue weighted by Gasteiger charge is -2.32. The minimum absolute atomic E-state index is 0.422. The summed E-state index contributed by atoms with van der Waals surface area (Å²) in [5.41, 5.74) is -0.422. The van der Waals surface area contributed by atoms with Crippen molar-refractivity contribution in [1.82, 2.24) is 10.0 Å². The molecule has 0 aromatic carbocycles. The van der Waals surface area contributed by atoms with E-state index < -0.39 is 15.6 Å². The monoisotopic (exact) mass is 262 g/mol. The third kappa shape index (κ3) is 6.38. The van der Waals surface area contributed by atoms with Gasteiger partial charge in [-0.25, -0.2) is 13.1 Å². The van der Waals surface area contributed by atoms with Gasteiger partial charge in [-0.2, -0.15) is 0 Å². The maximum absolute atomic E-state index is 11.2. The molecule has 0 aliphatic heterocycles. The third-order valence-electron chi connectivity index (χ3n) is 3.23. The number of nitrogens with one attached hydrogen (secondary N) is 2. The van der Waals surface area contributed by atoms with Crippen LogP contribution in [0.15, 0.2) is 0 Å². The first-order chi connectivity index (χ1) is 7.68. The van der Waals surface area contributed by atoms with Crippen LogP contribution in [0.1, 0.15) is 46.5 Å². The van der Waals surface area contributed by atoms with Crippen LogP contribution < -0.4 is 10.0 Å². The van der Waals surface area contributed by atoms with E-state index in [2.05, 4.69) is 17.0 Å². The van der Waals surface area contributed by atoms with Crippen LogP contribution in [0.2, 0.25) is 0 Å². The Morgan fingerprint density at radius 2 is 1.94 bits per heavy atom. The van der Waals surface area contributed by atoms with Gasteiger partial charge in [0.25, 0.3) is 0 Å². The third-order valence-corrected chi connectivity index (χ3v) is 4.15. The zero-order valence-electron chi connectivity index (χ0n) is 11.4. The van der Waals surface area contributed by atoms with Gasteiger partial charge in [0.2, 0.25) is 10.0 Å². The van der Waals surface area contributed by atoms with Crippen molar-refractivity contribution >= 4 is 10.0 Å². The van der Waals surface area contributed by atoms with Gasteiger partial charge < -0.3 is 5.32 Å². The fourth-order valence-electron chi connectivity index (χ4n) is 2.56. The van der Waals surface area contributed by atoms with Crippen LogP contribution >= 0.6 is 0 Å². The molecule has 2 N–H and O–H groups in total. The Balaban J connectivity index is 2.38. The summed E-state index contributed by atoms with van der Waals surface area (Å²) in [6, 6.07) is 0.541. The van der Waals surface area contributed by atoms with E-state index in [9.17, 15) is 8.42 Å². The van der Waals surface area contributed by atoms with Crippen LogP contribution in [0.25, 0.3) is 0 Å². The second-order valence-corrected chi connectivity index (χ2v) is 7.86. The Labute approximate surface area is 106 Å². The second kappa shape index (κ2) is 5.67. The molecule has 0 spiro atoms. The Morgan fingerprint density at radius 1 is 1.29 bits per heavy atom. The molecule has 0 aromatic rings. The molecule has 0 amide bonds. The Hall–Kier alpha value is -0.130. The van der Waals surface area contributed by atoms with Gasteiger partial charge in [0.05, 0.1) is 6.26 Å². The van der Waals surface area contributed by atoms with Gasteiger partial charge in [-0.3, -0.25) is 0 Å². The molecule has 0 radical (unpaired) electrons. The van der Waals surface area contributed by atoms with Gasteiger partial charge in [-0.15, -0.1) is 0 Å². The van der Waals surface area contributed by atoms with Crippen LogP contribution in [0, 0.1) is 5.92 Å². The molecule has 102 valence electrons. The first kappa shape index (κ1) is 14.9. The number of sulfonamides is 1. The van der Waals surface area contributed by atoms with E-state index in [4.69, 9.17) is 0 Å². The van der Waals surface area contributed by atoms with Crippen LogP contribution in [0.5, 0.6) is 0 Å². The topological polar surface area (TPSA) is 58.2 Å². The molecule has 1 rings (SSSR count). The molecule has 4 nitrogen and oxygen atoms in total. The van der Waals surface area contributed by atoms with Crippen LogP contribution in [-0.4, -0.2) is 32.8 Å². The Bertz CT molecular complexity index is 338. The lowest BCUT2D eigenvalue weighted by atomic mass is 9.87. The molecule has 5 heteroatoms. The van der Waals surface area contributed by atoms with E-state index in [1.807, 2.05) is 13.8 Å². The van der Waals surface area contributed by atoms with Gasteiger partial charge in [-0.05, 0) is 32.6 Å². The maximum Gasteiger partial charge on any atom is 0.209 e. The molecular weight excluding hydrogens is 236 g/mol. The van der Waals surface area contributed by atoms with E-state index in [1.54, 1.807) is 0 Å².